The number of amides is 1. The lowest BCUT2D eigenvalue weighted by atomic mass is 10.1. The van der Waals surface area contributed by atoms with Gasteiger partial charge >= 0.3 is 0 Å². The zero-order valence-corrected chi connectivity index (χ0v) is 14.0. The Hall–Kier alpha value is -2.06. The Kier molecular flexibility index (Phi) is 4.03. The van der Waals surface area contributed by atoms with Crippen molar-refractivity contribution in [2.45, 2.75) is 23.5 Å². The highest BCUT2D eigenvalue weighted by Crippen LogP contribution is 2.35. The van der Waals surface area contributed by atoms with Crippen LogP contribution in [0.5, 0.6) is 0 Å². The maximum absolute atomic E-state index is 13.0. The highest BCUT2D eigenvalue weighted by Gasteiger charge is 2.30. The second-order valence-corrected chi connectivity index (χ2v) is 8.52. The van der Waals surface area contributed by atoms with E-state index < -0.39 is 15.9 Å². The van der Waals surface area contributed by atoms with Gasteiger partial charge in [0.05, 0.1) is 11.4 Å². The van der Waals surface area contributed by atoms with Crippen LogP contribution in [0.3, 0.4) is 0 Å². The van der Waals surface area contributed by atoms with E-state index in [9.17, 15) is 13.2 Å². The molecule has 1 amide bonds. The number of carbonyl (C=O) groups is 1. The Morgan fingerprint density at radius 3 is 2.65 bits per heavy atom. The minimum Gasteiger partial charge on any atom is -0.397 e. The van der Waals surface area contributed by atoms with Gasteiger partial charge in [-0.1, -0.05) is 18.2 Å². The molecule has 3 rings (SSSR count). The average Bonchev–Trinajstić information content (AvgIpc) is 2.78. The van der Waals surface area contributed by atoms with Gasteiger partial charge < -0.3 is 11.5 Å². The van der Waals surface area contributed by atoms with Crippen LogP contribution in [0.2, 0.25) is 0 Å². The van der Waals surface area contributed by atoms with Crippen LogP contribution in [0.25, 0.3) is 0 Å². The lowest BCUT2D eigenvalue weighted by Gasteiger charge is -2.23. The van der Waals surface area contributed by atoms with Gasteiger partial charge in [-0.2, -0.15) is 0 Å². The summed E-state index contributed by atoms with van der Waals surface area (Å²) in [4.78, 5) is 11.4. The maximum atomic E-state index is 13.0. The molecule has 0 radical (unpaired) electrons. The predicted octanol–water partition coefficient (Wildman–Crippen LogP) is 1.96. The van der Waals surface area contributed by atoms with E-state index in [0.29, 0.717) is 12.2 Å². The van der Waals surface area contributed by atoms with E-state index in [4.69, 9.17) is 11.5 Å². The van der Waals surface area contributed by atoms with Crippen LogP contribution in [0, 0.1) is 0 Å². The molecule has 0 spiro atoms. The van der Waals surface area contributed by atoms with Gasteiger partial charge in [0.1, 0.15) is 9.09 Å². The number of para-hydroxylation sites is 1. The number of hydrogen-bond acceptors (Lipinski definition) is 5. The van der Waals surface area contributed by atoms with Crippen LogP contribution in [-0.4, -0.2) is 20.9 Å². The Morgan fingerprint density at radius 1 is 1.22 bits per heavy atom. The van der Waals surface area contributed by atoms with Gasteiger partial charge in [0.2, 0.25) is 0 Å². The molecular formula is C15H17N3O3S2. The van der Waals surface area contributed by atoms with Crippen molar-refractivity contribution < 1.29 is 13.2 Å². The lowest BCUT2D eigenvalue weighted by molar-refractivity contribution is 0.100. The molecule has 2 aromatic rings. The number of rotatable bonds is 3. The topological polar surface area (TPSA) is 106 Å². The first-order chi connectivity index (χ1) is 10.9. The molecule has 4 N–H and O–H groups in total. The van der Waals surface area contributed by atoms with Crippen molar-refractivity contribution in [3.8, 4) is 0 Å². The largest absolute Gasteiger partial charge is 0.397 e. The first kappa shape index (κ1) is 15.8. The Balaban J connectivity index is 2.09. The number of nitrogens with two attached hydrogens (primary N) is 2. The lowest BCUT2D eigenvalue weighted by Crippen LogP contribution is -2.31. The molecule has 0 bridgehead atoms. The minimum atomic E-state index is -3.77. The van der Waals surface area contributed by atoms with Gasteiger partial charge in [0, 0.05) is 6.54 Å². The summed E-state index contributed by atoms with van der Waals surface area (Å²) in [7, 11) is -3.77. The number of thiophene rings is 1. The quantitative estimate of drug-likeness (QED) is 0.881. The molecule has 2 heterocycles. The number of benzene rings is 1. The third-order valence-electron chi connectivity index (χ3n) is 3.82. The highest BCUT2D eigenvalue weighted by atomic mass is 32.2. The number of anilines is 2. The number of fused-ring (bicyclic) bond motifs is 1. The van der Waals surface area contributed by atoms with Crippen LogP contribution >= 0.6 is 11.3 Å². The third-order valence-corrected chi connectivity index (χ3v) is 7.25. The molecule has 6 nitrogen and oxygen atoms in total. The van der Waals surface area contributed by atoms with Gasteiger partial charge in [-0.15, -0.1) is 11.3 Å². The van der Waals surface area contributed by atoms with E-state index in [2.05, 4.69) is 0 Å². The number of nitrogens with zero attached hydrogens (tertiary/aromatic N) is 1. The van der Waals surface area contributed by atoms with Crippen molar-refractivity contribution in [3.05, 3.63) is 40.8 Å². The molecule has 0 atom stereocenters. The molecule has 1 aromatic carbocycles. The Morgan fingerprint density at radius 2 is 1.96 bits per heavy atom. The predicted molar refractivity (Wildman–Crippen MR) is 91.2 cm³/mol. The van der Waals surface area contributed by atoms with Gasteiger partial charge in [0.25, 0.3) is 15.9 Å². The monoisotopic (exact) mass is 351 g/mol. The molecule has 0 unspecified atom stereocenters. The van der Waals surface area contributed by atoms with Crippen molar-refractivity contribution in [1.82, 2.24) is 0 Å². The number of nitrogen functional groups attached to an aromatic ring is 1. The van der Waals surface area contributed by atoms with E-state index in [1.807, 2.05) is 24.3 Å². The zero-order chi connectivity index (χ0) is 16.6. The summed E-state index contributed by atoms with van der Waals surface area (Å²) in [6.07, 6.45) is 2.56. The molecule has 0 aliphatic carbocycles. The fourth-order valence-electron chi connectivity index (χ4n) is 2.72. The summed E-state index contributed by atoms with van der Waals surface area (Å²) in [6.45, 7) is 0.406. The summed E-state index contributed by atoms with van der Waals surface area (Å²) in [5.41, 5.74) is 12.8. The maximum Gasteiger partial charge on any atom is 0.273 e. The first-order valence-electron chi connectivity index (χ1n) is 7.21. The molecule has 0 saturated heterocycles. The normalized spacial score (nSPS) is 15.0. The second-order valence-electron chi connectivity index (χ2n) is 5.38. The molecule has 23 heavy (non-hydrogen) atoms. The van der Waals surface area contributed by atoms with Crippen molar-refractivity contribution in [3.63, 3.8) is 0 Å². The van der Waals surface area contributed by atoms with E-state index in [1.165, 1.54) is 10.4 Å². The Labute approximate surface area is 138 Å². The van der Waals surface area contributed by atoms with Gasteiger partial charge in [0.15, 0.2) is 0 Å². The minimum absolute atomic E-state index is 0.0421. The second kappa shape index (κ2) is 5.86. The molecule has 1 aliphatic rings. The van der Waals surface area contributed by atoms with E-state index >= 15 is 0 Å². The van der Waals surface area contributed by atoms with Crippen molar-refractivity contribution in [2.24, 2.45) is 5.73 Å². The highest BCUT2D eigenvalue weighted by molar-refractivity contribution is 7.94. The number of sulfonamides is 1. The van der Waals surface area contributed by atoms with Crippen molar-refractivity contribution in [2.75, 3.05) is 16.6 Å². The Bertz CT molecular complexity index is 859. The van der Waals surface area contributed by atoms with E-state index in [-0.39, 0.29) is 14.8 Å². The fourth-order valence-corrected chi connectivity index (χ4v) is 5.62. The van der Waals surface area contributed by atoms with Crippen LogP contribution in [0.4, 0.5) is 11.4 Å². The van der Waals surface area contributed by atoms with Crippen LogP contribution < -0.4 is 15.8 Å². The summed E-state index contributed by atoms with van der Waals surface area (Å²) in [5, 5.41) is 0. The smallest absolute Gasteiger partial charge is 0.273 e. The molecule has 1 aromatic heterocycles. The van der Waals surface area contributed by atoms with Gasteiger partial charge in [-0.3, -0.25) is 9.10 Å². The summed E-state index contributed by atoms with van der Waals surface area (Å²) < 4.78 is 27.5. The van der Waals surface area contributed by atoms with Gasteiger partial charge in [-0.05, 0) is 37.0 Å². The van der Waals surface area contributed by atoms with E-state index in [1.54, 1.807) is 0 Å². The average molecular weight is 351 g/mol. The van der Waals surface area contributed by atoms with Crippen LogP contribution in [0.15, 0.2) is 34.5 Å². The third kappa shape index (κ3) is 2.79. The molecule has 122 valence electrons. The fraction of sp³-hybridized carbons (Fsp3) is 0.267. The van der Waals surface area contributed by atoms with Crippen LogP contribution in [-0.2, 0) is 16.4 Å². The number of carbonyl (C=O) groups excluding carboxylic acids is 1. The SMILES string of the molecule is NC(=O)c1sc(S(=O)(=O)N2CCCCc3ccccc32)cc1N. The van der Waals surface area contributed by atoms with Gasteiger partial charge in [-0.25, -0.2) is 8.42 Å². The molecule has 8 heteroatoms. The van der Waals surface area contributed by atoms with E-state index in [0.717, 1.165) is 36.2 Å². The number of primary amides is 1. The van der Waals surface area contributed by atoms with Crippen LogP contribution in [0.1, 0.15) is 28.1 Å². The van der Waals surface area contributed by atoms with Crippen molar-refractivity contribution in [1.29, 1.82) is 0 Å². The zero-order valence-electron chi connectivity index (χ0n) is 12.4. The number of hydrogen-bond donors (Lipinski definition) is 2. The summed E-state index contributed by atoms with van der Waals surface area (Å²) in [5.74, 6) is -0.717. The summed E-state index contributed by atoms with van der Waals surface area (Å²) >= 11 is 0.820. The van der Waals surface area contributed by atoms with Crippen molar-refractivity contribution >= 4 is 38.6 Å². The molecule has 1 aliphatic heterocycles. The molecule has 0 saturated carbocycles. The first-order valence-corrected chi connectivity index (χ1v) is 9.46. The molecular weight excluding hydrogens is 334 g/mol. The number of aryl methyl sites for hydroxylation is 1. The molecule has 0 fully saturated rings. The summed E-state index contributed by atoms with van der Waals surface area (Å²) in [6, 6.07) is 8.80. The standard InChI is InChI=1S/C15H17N3O3S2/c16-11-9-13(22-14(11)15(17)19)23(20,21)18-8-4-3-6-10-5-1-2-7-12(10)18/h1-2,5,7,9H,3-4,6,8,16H2,(H2,17,19).